The molecular weight excluding hydrogens is 218 g/mol. The summed E-state index contributed by atoms with van der Waals surface area (Å²) in [6.45, 7) is 10.9. The molecule has 2 atom stereocenters. The van der Waals surface area contributed by atoms with Gasteiger partial charge in [-0.1, -0.05) is 47.0 Å². The molecule has 2 saturated carbocycles. The van der Waals surface area contributed by atoms with Crippen LogP contribution in [0.25, 0.3) is 0 Å². The molecule has 0 aliphatic heterocycles. The van der Waals surface area contributed by atoms with Gasteiger partial charge in [0.2, 0.25) is 0 Å². The second kappa shape index (κ2) is 5.94. The summed E-state index contributed by atoms with van der Waals surface area (Å²) < 4.78 is 0. The van der Waals surface area contributed by atoms with E-state index in [1.54, 1.807) is 0 Å². The second-order valence-electron chi connectivity index (χ2n) is 7.86. The highest BCUT2D eigenvalue weighted by molar-refractivity contribution is 4.91. The van der Waals surface area contributed by atoms with Gasteiger partial charge in [0.25, 0.3) is 0 Å². The van der Waals surface area contributed by atoms with E-state index in [9.17, 15) is 0 Å². The molecule has 2 aliphatic carbocycles. The fraction of sp³-hybridized carbons (Fsp3) is 1.00. The van der Waals surface area contributed by atoms with E-state index in [1.165, 1.54) is 51.5 Å². The van der Waals surface area contributed by atoms with Gasteiger partial charge < -0.3 is 5.32 Å². The smallest absolute Gasteiger partial charge is 0.00980 e. The van der Waals surface area contributed by atoms with Gasteiger partial charge >= 0.3 is 0 Å². The minimum Gasteiger partial charge on any atom is -0.313 e. The van der Waals surface area contributed by atoms with Gasteiger partial charge in [-0.25, -0.2) is 0 Å². The fourth-order valence-electron chi connectivity index (χ4n) is 4.33. The molecule has 0 saturated heterocycles. The number of nitrogens with one attached hydrogen (secondary N) is 1. The van der Waals surface area contributed by atoms with E-state index in [2.05, 4.69) is 33.0 Å². The summed E-state index contributed by atoms with van der Waals surface area (Å²) >= 11 is 0. The van der Waals surface area contributed by atoms with Crippen LogP contribution in [-0.4, -0.2) is 12.6 Å². The van der Waals surface area contributed by atoms with Crippen molar-refractivity contribution >= 4 is 0 Å². The van der Waals surface area contributed by atoms with Crippen molar-refractivity contribution in [3.05, 3.63) is 0 Å². The number of hydrogen-bond donors (Lipinski definition) is 1. The summed E-state index contributed by atoms with van der Waals surface area (Å²) in [5.41, 5.74) is 0.566. The highest BCUT2D eigenvalue weighted by Crippen LogP contribution is 2.41. The minimum absolute atomic E-state index is 0.566. The highest BCUT2D eigenvalue weighted by Gasteiger charge is 2.36. The maximum Gasteiger partial charge on any atom is 0.00980 e. The quantitative estimate of drug-likeness (QED) is 0.769. The van der Waals surface area contributed by atoms with Gasteiger partial charge in [0.05, 0.1) is 0 Å². The van der Waals surface area contributed by atoms with E-state index in [4.69, 9.17) is 0 Å². The number of rotatable bonds is 4. The van der Waals surface area contributed by atoms with E-state index in [0.717, 1.165) is 23.8 Å². The lowest BCUT2D eigenvalue weighted by Crippen LogP contribution is -2.36. The molecule has 0 radical (unpaired) electrons. The van der Waals surface area contributed by atoms with Crippen molar-refractivity contribution in [1.82, 2.24) is 5.32 Å². The minimum atomic E-state index is 0.566. The third-order valence-electron chi connectivity index (χ3n) is 5.55. The summed E-state index contributed by atoms with van der Waals surface area (Å²) in [5.74, 6) is 2.86. The Balaban J connectivity index is 1.69. The summed E-state index contributed by atoms with van der Waals surface area (Å²) in [7, 11) is 0. The van der Waals surface area contributed by atoms with Crippen LogP contribution in [0.15, 0.2) is 0 Å². The molecule has 18 heavy (non-hydrogen) atoms. The molecule has 0 spiro atoms. The van der Waals surface area contributed by atoms with Crippen LogP contribution in [0, 0.1) is 23.2 Å². The van der Waals surface area contributed by atoms with Crippen molar-refractivity contribution in [3.63, 3.8) is 0 Å². The Labute approximate surface area is 114 Å². The average molecular weight is 251 g/mol. The molecule has 0 aromatic heterocycles. The van der Waals surface area contributed by atoms with Crippen molar-refractivity contribution in [2.24, 2.45) is 23.2 Å². The first-order chi connectivity index (χ1) is 8.50. The summed E-state index contributed by atoms with van der Waals surface area (Å²) in [4.78, 5) is 0. The lowest BCUT2D eigenvalue weighted by Gasteiger charge is -2.29. The van der Waals surface area contributed by atoms with Crippen LogP contribution in [0.4, 0.5) is 0 Å². The number of hydrogen-bond acceptors (Lipinski definition) is 1. The van der Waals surface area contributed by atoms with Crippen molar-refractivity contribution < 1.29 is 0 Å². The van der Waals surface area contributed by atoms with Gasteiger partial charge in [0, 0.05) is 6.04 Å². The van der Waals surface area contributed by atoms with E-state index in [1.807, 2.05) is 0 Å². The summed E-state index contributed by atoms with van der Waals surface area (Å²) in [6, 6.07) is 0.781. The Morgan fingerprint density at radius 2 is 1.61 bits per heavy atom. The molecule has 0 amide bonds. The molecule has 2 fully saturated rings. The second-order valence-corrected chi connectivity index (χ2v) is 7.86. The molecule has 2 aliphatic rings. The SMILES string of the molecule is CCC1CCC(CNC2CC(C)(C)CC2C)CC1. The topological polar surface area (TPSA) is 12.0 Å². The molecular formula is C17H33N. The van der Waals surface area contributed by atoms with E-state index < -0.39 is 0 Å². The van der Waals surface area contributed by atoms with E-state index in [0.29, 0.717) is 5.41 Å². The molecule has 1 heteroatoms. The Hall–Kier alpha value is -0.0400. The van der Waals surface area contributed by atoms with Crippen LogP contribution in [0.1, 0.15) is 72.6 Å². The molecule has 0 heterocycles. The third kappa shape index (κ3) is 3.73. The first-order valence-corrected chi connectivity index (χ1v) is 8.23. The molecule has 2 unspecified atom stereocenters. The lowest BCUT2D eigenvalue weighted by molar-refractivity contribution is 0.250. The monoisotopic (exact) mass is 251 g/mol. The molecule has 0 aromatic rings. The molecule has 106 valence electrons. The van der Waals surface area contributed by atoms with Gasteiger partial charge in [0.1, 0.15) is 0 Å². The standard InChI is InChI=1S/C17H33N/c1-5-14-6-8-15(9-7-14)12-18-16-11-17(3,4)10-13(16)2/h13-16,18H,5-12H2,1-4H3. The van der Waals surface area contributed by atoms with Crippen LogP contribution < -0.4 is 5.32 Å². The van der Waals surface area contributed by atoms with Crippen LogP contribution in [0.2, 0.25) is 0 Å². The molecule has 0 aromatic carbocycles. The molecule has 1 nitrogen and oxygen atoms in total. The lowest BCUT2D eigenvalue weighted by atomic mass is 9.81. The fourth-order valence-corrected chi connectivity index (χ4v) is 4.33. The average Bonchev–Trinajstić information content (AvgIpc) is 2.60. The Morgan fingerprint density at radius 3 is 2.11 bits per heavy atom. The molecule has 1 N–H and O–H groups in total. The van der Waals surface area contributed by atoms with Gasteiger partial charge in [0.15, 0.2) is 0 Å². The van der Waals surface area contributed by atoms with Crippen molar-refractivity contribution in [3.8, 4) is 0 Å². The zero-order valence-electron chi connectivity index (χ0n) is 13.0. The Kier molecular flexibility index (Phi) is 4.75. The Morgan fingerprint density at radius 1 is 1.00 bits per heavy atom. The summed E-state index contributed by atoms with van der Waals surface area (Å²) in [6.07, 6.45) is 10.1. The third-order valence-corrected chi connectivity index (χ3v) is 5.55. The maximum absolute atomic E-state index is 3.89. The van der Waals surface area contributed by atoms with Gasteiger partial charge in [-0.3, -0.25) is 0 Å². The zero-order valence-corrected chi connectivity index (χ0v) is 13.0. The first-order valence-electron chi connectivity index (χ1n) is 8.23. The van der Waals surface area contributed by atoms with Crippen molar-refractivity contribution in [2.45, 2.75) is 78.7 Å². The normalized spacial score (nSPS) is 40.0. The predicted octanol–water partition coefficient (Wildman–Crippen LogP) is 4.62. The largest absolute Gasteiger partial charge is 0.313 e. The first kappa shape index (κ1) is 14.4. The van der Waals surface area contributed by atoms with Crippen LogP contribution in [-0.2, 0) is 0 Å². The van der Waals surface area contributed by atoms with Crippen molar-refractivity contribution in [2.75, 3.05) is 6.54 Å². The maximum atomic E-state index is 3.89. The van der Waals surface area contributed by atoms with Crippen LogP contribution in [0.3, 0.4) is 0 Å². The van der Waals surface area contributed by atoms with E-state index in [-0.39, 0.29) is 0 Å². The van der Waals surface area contributed by atoms with E-state index >= 15 is 0 Å². The van der Waals surface area contributed by atoms with Gasteiger partial charge in [-0.05, 0) is 55.4 Å². The molecule has 2 rings (SSSR count). The predicted molar refractivity (Wildman–Crippen MR) is 79.7 cm³/mol. The summed E-state index contributed by atoms with van der Waals surface area (Å²) in [5, 5.41) is 3.89. The van der Waals surface area contributed by atoms with Crippen LogP contribution in [0.5, 0.6) is 0 Å². The van der Waals surface area contributed by atoms with Crippen molar-refractivity contribution in [1.29, 1.82) is 0 Å². The van der Waals surface area contributed by atoms with Gasteiger partial charge in [-0.15, -0.1) is 0 Å². The molecule has 0 bridgehead atoms. The Bertz CT molecular complexity index is 250. The zero-order chi connectivity index (χ0) is 13.2. The van der Waals surface area contributed by atoms with Crippen LogP contribution >= 0.6 is 0 Å². The van der Waals surface area contributed by atoms with Gasteiger partial charge in [-0.2, -0.15) is 0 Å². The highest BCUT2D eigenvalue weighted by atomic mass is 14.9.